The molecule has 0 radical (unpaired) electrons. The Balaban J connectivity index is 2.58. The van der Waals surface area contributed by atoms with Gasteiger partial charge in [-0.3, -0.25) is 0 Å². The first-order chi connectivity index (χ1) is 6.20. The summed E-state index contributed by atoms with van der Waals surface area (Å²) in [7, 11) is 0. The predicted octanol–water partition coefficient (Wildman–Crippen LogP) is 1.98. The van der Waals surface area contributed by atoms with Gasteiger partial charge in [-0.25, -0.2) is 0 Å². The highest BCUT2D eigenvalue weighted by atomic mass is 16.5. The molecule has 1 atom stereocenters. The van der Waals surface area contributed by atoms with E-state index in [0.717, 1.165) is 29.9 Å². The fraction of sp³-hybridized carbons (Fsp3) is 0.455. The summed E-state index contributed by atoms with van der Waals surface area (Å²) in [5, 5.41) is 9.61. The molecule has 2 nitrogen and oxygen atoms in total. The smallest absolute Gasteiger partial charge is 0.123 e. The predicted molar refractivity (Wildman–Crippen MR) is 51.0 cm³/mol. The molecule has 13 heavy (non-hydrogen) atoms. The third-order valence-corrected chi connectivity index (χ3v) is 2.56. The summed E-state index contributed by atoms with van der Waals surface area (Å²) in [6.45, 7) is 4.58. The average molecular weight is 178 g/mol. The zero-order chi connectivity index (χ0) is 9.42. The van der Waals surface area contributed by atoms with Crippen LogP contribution in [0.2, 0.25) is 0 Å². The normalized spacial score (nSPS) is 16.5. The van der Waals surface area contributed by atoms with Crippen molar-refractivity contribution in [3.8, 4) is 5.75 Å². The molecule has 70 valence electrons. The Morgan fingerprint density at radius 1 is 1.46 bits per heavy atom. The second-order valence-electron chi connectivity index (χ2n) is 3.55. The van der Waals surface area contributed by atoms with E-state index in [-0.39, 0.29) is 0 Å². The number of fused-ring (bicyclic) bond motifs is 1. The maximum atomic E-state index is 9.61. The highest BCUT2D eigenvalue weighted by molar-refractivity contribution is 5.47. The molecular formula is C11H14O2. The molecule has 0 aromatic heterocycles. The number of hydrogen-bond acceptors (Lipinski definition) is 2. The van der Waals surface area contributed by atoms with Crippen molar-refractivity contribution in [3.05, 3.63) is 28.8 Å². The van der Waals surface area contributed by atoms with Gasteiger partial charge in [-0.05, 0) is 31.0 Å². The van der Waals surface area contributed by atoms with Crippen LogP contribution in [-0.4, -0.2) is 11.7 Å². The van der Waals surface area contributed by atoms with Crippen LogP contribution in [0.5, 0.6) is 5.75 Å². The maximum Gasteiger partial charge on any atom is 0.123 e. The van der Waals surface area contributed by atoms with Gasteiger partial charge < -0.3 is 9.84 Å². The van der Waals surface area contributed by atoms with Crippen molar-refractivity contribution < 1.29 is 9.84 Å². The summed E-state index contributed by atoms with van der Waals surface area (Å²) in [6, 6.07) is 4.00. The first kappa shape index (κ1) is 8.57. The first-order valence-corrected chi connectivity index (χ1v) is 4.63. The minimum absolute atomic E-state index is 0.392. The summed E-state index contributed by atoms with van der Waals surface area (Å²) >= 11 is 0. The van der Waals surface area contributed by atoms with E-state index in [0.29, 0.717) is 0 Å². The molecule has 0 saturated heterocycles. The molecular weight excluding hydrogens is 164 g/mol. The van der Waals surface area contributed by atoms with Crippen LogP contribution in [0.3, 0.4) is 0 Å². The van der Waals surface area contributed by atoms with Gasteiger partial charge >= 0.3 is 0 Å². The van der Waals surface area contributed by atoms with Crippen molar-refractivity contribution in [2.24, 2.45) is 0 Å². The SMILES string of the molecule is Cc1ccc2c(c1C(C)O)CCO2. The molecule has 0 amide bonds. The number of ether oxygens (including phenoxy) is 1. The second-order valence-corrected chi connectivity index (χ2v) is 3.55. The lowest BCUT2D eigenvalue weighted by atomic mass is 9.96. The van der Waals surface area contributed by atoms with Gasteiger partial charge in [0.1, 0.15) is 5.75 Å². The van der Waals surface area contributed by atoms with Crippen LogP contribution in [0.4, 0.5) is 0 Å². The van der Waals surface area contributed by atoms with Crippen LogP contribution in [0.25, 0.3) is 0 Å². The van der Waals surface area contributed by atoms with E-state index in [1.165, 1.54) is 5.56 Å². The highest BCUT2D eigenvalue weighted by Crippen LogP contribution is 2.33. The van der Waals surface area contributed by atoms with E-state index in [9.17, 15) is 5.11 Å². The molecule has 1 unspecified atom stereocenters. The summed E-state index contributed by atoms with van der Waals surface area (Å²) in [5.74, 6) is 0.946. The Kier molecular flexibility index (Phi) is 2.00. The van der Waals surface area contributed by atoms with Gasteiger partial charge in [0.05, 0.1) is 12.7 Å². The van der Waals surface area contributed by atoms with Gasteiger partial charge in [-0.15, -0.1) is 0 Å². The van der Waals surface area contributed by atoms with Crippen LogP contribution in [0, 0.1) is 6.92 Å². The Morgan fingerprint density at radius 3 is 2.92 bits per heavy atom. The molecule has 1 aliphatic rings. The Morgan fingerprint density at radius 2 is 2.23 bits per heavy atom. The number of aryl methyl sites for hydroxylation is 1. The maximum absolute atomic E-state index is 9.61. The highest BCUT2D eigenvalue weighted by Gasteiger charge is 2.19. The van der Waals surface area contributed by atoms with E-state index in [4.69, 9.17) is 4.74 Å². The molecule has 2 rings (SSSR count). The van der Waals surface area contributed by atoms with Crippen LogP contribution < -0.4 is 4.74 Å². The molecule has 0 bridgehead atoms. The average Bonchev–Trinajstić information content (AvgIpc) is 2.50. The molecule has 0 aliphatic carbocycles. The fourth-order valence-corrected chi connectivity index (χ4v) is 2.00. The van der Waals surface area contributed by atoms with E-state index in [2.05, 4.69) is 0 Å². The van der Waals surface area contributed by atoms with Gasteiger partial charge in [0.15, 0.2) is 0 Å². The lowest BCUT2D eigenvalue weighted by Crippen LogP contribution is -1.99. The third kappa shape index (κ3) is 1.31. The molecule has 1 aromatic carbocycles. The Bertz CT molecular complexity index is 329. The molecule has 1 aromatic rings. The van der Waals surface area contributed by atoms with Crippen molar-refractivity contribution in [2.75, 3.05) is 6.61 Å². The number of aliphatic hydroxyl groups excluding tert-OH is 1. The lowest BCUT2D eigenvalue weighted by Gasteiger charge is -2.12. The number of benzene rings is 1. The summed E-state index contributed by atoms with van der Waals surface area (Å²) in [5.41, 5.74) is 3.39. The van der Waals surface area contributed by atoms with Gasteiger partial charge in [-0.1, -0.05) is 6.07 Å². The first-order valence-electron chi connectivity index (χ1n) is 4.63. The zero-order valence-corrected chi connectivity index (χ0v) is 8.00. The Labute approximate surface area is 78.2 Å². The van der Waals surface area contributed by atoms with Gasteiger partial charge in [0, 0.05) is 12.0 Å². The molecule has 0 fully saturated rings. The van der Waals surface area contributed by atoms with Crippen molar-refractivity contribution in [1.82, 2.24) is 0 Å². The monoisotopic (exact) mass is 178 g/mol. The van der Waals surface area contributed by atoms with E-state index in [1.54, 1.807) is 6.92 Å². The molecule has 1 heterocycles. The summed E-state index contributed by atoms with van der Waals surface area (Å²) in [4.78, 5) is 0. The van der Waals surface area contributed by atoms with Gasteiger partial charge in [0.2, 0.25) is 0 Å². The molecule has 1 aliphatic heterocycles. The molecule has 0 saturated carbocycles. The van der Waals surface area contributed by atoms with Gasteiger partial charge in [0.25, 0.3) is 0 Å². The van der Waals surface area contributed by atoms with E-state index < -0.39 is 6.10 Å². The molecule has 0 spiro atoms. The fourth-order valence-electron chi connectivity index (χ4n) is 2.00. The summed E-state index contributed by atoms with van der Waals surface area (Å²) in [6.07, 6.45) is 0.536. The minimum atomic E-state index is -0.392. The van der Waals surface area contributed by atoms with Crippen molar-refractivity contribution in [3.63, 3.8) is 0 Å². The Hall–Kier alpha value is -1.02. The number of rotatable bonds is 1. The van der Waals surface area contributed by atoms with Crippen LogP contribution >= 0.6 is 0 Å². The van der Waals surface area contributed by atoms with E-state index in [1.807, 2.05) is 19.1 Å². The standard InChI is InChI=1S/C11H14O2/c1-7-3-4-10-9(5-6-13-10)11(7)8(2)12/h3-4,8,12H,5-6H2,1-2H3. The lowest BCUT2D eigenvalue weighted by molar-refractivity contribution is 0.197. The quantitative estimate of drug-likeness (QED) is 0.712. The zero-order valence-electron chi connectivity index (χ0n) is 8.00. The number of aliphatic hydroxyl groups is 1. The minimum Gasteiger partial charge on any atom is -0.493 e. The largest absolute Gasteiger partial charge is 0.493 e. The van der Waals surface area contributed by atoms with Crippen molar-refractivity contribution in [1.29, 1.82) is 0 Å². The molecule has 1 N–H and O–H groups in total. The topological polar surface area (TPSA) is 29.5 Å². The molecule has 2 heteroatoms. The van der Waals surface area contributed by atoms with Crippen molar-refractivity contribution in [2.45, 2.75) is 26.4 Å². The van der Waals surface area contributed by atoms with Crippen LogP contribution in [0.1, 0.15) is 29.7 Å². The number of hydrogen-bond donors (Lipinski definition) is 1. The van der Waals surface area contributed by atoms with E-state index >= 15 is 0 Å². The van der Waals surface area contributed by atoms with Crippen LogP contribution in [0.15, 0.2) is 12.1 Å². The third-order valence-electron chi connectivity index (χ3n) is 2.56. The van der Waals surface area contributed by atoms with Gasteiger partial charge in [-0.2, -0.15) is 0 Å². The summed E-state index contributed by atoms with van der Waals surface area (Å²) < 4.78 is 5.43. The van der Waals surface area contributed by atoms with Crippen LogP contribution in [-0.2, 0) is 6.42 Å². The second kappa shape index (κ2) is 3.04. The van der Waals surface area contributed by atoms with Crippen molar-refractivity contribution >= 4 is 0 Å².